The molecule has 0 amide bonds. The first kappa shape index (κ1) is 26.9. The summed E-state index contributed by atoms with van der Waals surface area (Å²) in [5, 5.41) is 0. The average Bonchev–Trinajstić information content (AvgIpc) is 2.70. The van der Waals surface area contributed by atoms with Gasteiger partial charge in [0.25, 0.3) is 0 Å². The Labute approximate surface area is 174 Å². The Hall–Kier alpha value is -1.06. The monoisotopic (exact) mass is 398 g/mol. The Balaban J connectivity index is 4.14. The Morgan fingerprint density at radius 2 is 0.857 bits per heavy atom. The van der Waals surface area contributed by atoms with Gasteiger partial charge in [0.05, 0.1) is 13.2 Å². The highest BCUT2D eigenvalue weighted by atomic mass is 16.6. The van der Waals surface area contributed by atoms with E-state index >= 15 is 0 Å². The predicted molar refractivity (Wildman–Crippen MR) is 116 cm³/mol. The second-order valence-corrected chi connectivity index (χ2v) is 7.95. The van der Waals surface area contributed by atoms with Crippen LogP contribution >= 0.6 is 0 Å². The molecule has 0 aromatic heterocycles. The van der Waals surface area contributed by atoms with Crippen LogP contribution in [0.4, 0.5) is 0 Å². The molecule has 0 heterocycles. The fourth-order valence-corrected chi connectivity index (χ4v) is 3.46. The van der Waals surface area contributed by atoms with Gasteiger partial charge in [0.15, 0.2) is 5.41 Å². The van der Waals surface area contributed by atoms with Crippen LogP contribution in [0.2, 0.25) is 0 Å². The molecular weight excluding hydrogens is 352 g/mol. The summed E-state index contributed by atoms with van der Waals surface area (Å²) in [5.41, 5.74) is -1.14. The van der Waals surface area contributed by atoms with Gasteiger partial charge in [0.1, 0.15) is 0 Å². The quantitative estimate of drug-likeness (QED) is 0.134. The van der Waals surface area contributed by atoms with Gasteiger partial charge in [-0.1, -0.05) is 98.3 Å². The minimum Gasteiger partial charge on any atom is -0.465 e. The zero-order chi connectivity index (χ0) is 21.1. The summed E-state index contributed by atoms with van der Waals surface area (Å²) in [5.74, 6) is -0.814. The molecular formula is C24H46O4. The van der Waals surface area contributed by atoms with E-state index in [1.807, 2.05) is 13.8 Å². The third kappa shape index (κ3) is 11.1. The van der Waals surface area contributed by atoms with E-state index in [0.717, 1.165) is 25.7 Å². The minimum atomic E-state index is -1.14. The van der Waals surface area contributed by atoms with Crippen molar-refractivity contribution in [3.8, 4) is 0 Å². The summed E-state index contributed by atoms with van der Waals surface area (Å²) in [7, 11) is 0. The standard InChI is InChI=1S/C24H46O4/c1-5-9-11-13-14-15-17-19-21-28-23(26)24(7-3,8-4)22(25)27-20-18-16-12-10-6-2/h5-21H2,1-4H3. The van der Waals surface area contributed by atoms with E-state index in [4.69, 9.17) is 9.47 Å². The highest BCUT2D eigenvalue weighted by Crippen LogP contribution is 2.30. The average molecular weight is 399 g/mol. The van der Waals surface area contributed by atoms with Crippen molar-refractivity contribution in [1.29, 1.82) is 0 Å². The van der Waals surface area contributed by atoms with Gasteiger partial charge in [-0.05, 0) is 25.7 Å². The number of carbonyl (C=O) groups excluding carboxylic acids is 2. The minimum absolute atomic E-state index is 0.398. The third-order valence-electron chi connectivity index (χ3n) is 5.70. The Bertz CT molecular complexity index is 388. The van der Waals surface area contributed by atoms with Crippen LogP contribution in [-0.2, 0) is 19.1 Å². The summed E-state index contributed by atoms with van der Waals surface area (Å²) in [6.07, 6.45) is 16.0. The molecule has 0 spiro atoms. The molecule has 166 valence electrons. The second-order valence-electron chi connectivity index (χ2n) is 7.95. The summed E-state index contributed by atoms with van der Waals surface area (Å²) in [6.45, 7) is 8.93. The van der Waals surface area contributed by atoms with E-state index < -0.39 is 17.4 Å². The van der Waals surface area contributed by atoms with E-state index in [1.54, 1.807) is 0 Å². The van der Waals surface area contributed by atoms with Crippen molar-refractivity contribution in [2.24, 2.45) is 5.41 Å². The molecule has 0 radical (unpaired) electrons. The van der Waals surface area contributed by atoms with Crippen molar-refractivity contribution in [2.45, 2.75) is 124 Å². The van der Waals surface area contributed by atoms with Gasteiger partial charge in [-0.25, -0.2) is 0 Å². The maximum Gasteiger partial charge on any atom is 0.323 e. The van der Waals surface area contributed by atoms with Crippen LogP contribution in [0.15, 0.2) is 0 Å². The Morgan fingerprint density at radius 3 is 1.18 bits per heavy atom. The van der Waals surface area contributed by atoms with E-state index in [0.29, 0.717) is 26.1 Å². The number of rotatable bonds is 19. The number of hydrogen-bond donors (Lipinski definition) is 0. The third-order valence-corrected chi connectivity index (χ3v) is 5.70. The molecule has 0 unspecified atom stereocenters. The molecule has 0 N–H and O–H groups in total. The molecule has 4 heteroatoms. The first-order chi connectivity index (χ1) is 13.6. The van der Waals surface area contributed by atoms with Crippen LogP contribution in [0.3, 0.4) is 0 Å². The number of carbonyl (C=O) groups is 2. The first-order valence-electron chi connectivity index (χ1n) is 11.9. The summed E-state index contributed by atoms with van der Waals surface area (Å²) in [4.78, 5) is 25.2. The fourth-order valence-electron chi connectivity index (χ4n) is 3.46. The highest BCUT2D eigenvalue weighted by Gasteiger charge is 2.45. The molecule has 0 aliphatic heterocycles. The summed E-state index contributed by atoms with van der Waals surface area (Å²) < 4.78 is 10.9. The number of ether oxygens (including phenoxy) is 2. The molecule has 0 atom stereocenters. The maximum atomic E-state index is 12.6. The topological polar surface area (TPSA) is 52.6 Å². The van der Waals surface area contributed by atoms with E-state index in [-0.39, 0.29) is 0 Å². The number of unbranched alkanes of at least 4 members (excludes halogenated alkanes) is 11. The van der Waals surface area contributed by atoms with Crippen molar-refractivity contribution in [2.75, 3.05) is 13.2 Å². The van der Waals surface area contributed by atoms with Crippen LogP contribution in [-0.4, -0.2) is 25.2 Å². The smallest absolute Gasteiger partial charge is 0.323 e. The van der Waals surface area contributed by atoms with E-state index in [9.17, 15) is 9.59 Å². The molecule has 0 aromatic carbocycles. The van der Waals surface area contributed by atoms with Crippen molar-refractivity contribution in [3.63, 3.8) is 0 Å². The second kappa shape index (κ2) is 18.0. The zero-order valence-corrected chi connectivity index (χ0v) is 19.2. The molecule has 28 heavy (non-hydrogen) atoms. The van der Waals surface area contributed by atoms with Gasteiger partial charge in [-0.15, -0.1) is 0 Å². The Morgan fingerprint density at radius 1 is 0.536 bits per heavy atom. The predicted octanol–water partition coefficient (Wildman–Crippen LogP) is 6.99. The first-order valence-corrected chi connectivity index (χ1v) is 11.9. The van der Waals surface area contributed by atoms with Gasteiger partial charge in [0, 0.05) is 0 Å². The molecule has 0 aliphatic carbocycles. The van der Waals surface area contributed by atoms with Crippen LogP contribution in [0.5, 0.6) is 0 Å². The normalized spacial score (nSPS) is 11.4. The van der Waals surface area contributed by atoms with Crippen molar-refractivity contribution < 1.29 is 19.1 Å². The van der Waals surface area contributed by atoms with Crippen molar-refractivity contribution >= 4 is 11.9 Å². The molecule has 0 rings (SSSR count). The largest absolute Gasteiger partial charge is 0.465 e. The molecule has 4 nitrogen and oxygen atoms in total. The van der Waals surface area contributed by atoms with Gasteiger partial charge in [-0.2, -0.15) is 0 Å². The van der Waals surface area contributed by atoms with Crippen LogP contribution in [0, 0.1) is 5.41 Å². The van der Waals surface area contributed by atoms with Gasteiger partial charge in [-0.3, -0.25) is 9.59 Å². The lowest BCUT2D eigenvalue weighted by atomic mass is 9.82. The summed E-state index contributed by atoms with van der Waals surface area (Å²) >= 11 is 0. The molecule has 0 saturated carbocycles. The highest BCUT2D eigenvalue weighted by molar-refractivity contribution is 5.99. The maximum absolute atomic E-state index is 12.6. The van der Waals surface area contributed by atoms with Gasteiger partial charge in [0.2, 0.25) is 0 Å². The van der Waals surface area contributed by atoms with Crippen molar-refractivity contribution in [3.05, 3.63) is 0 Å². The molecule has 0 aromatic rings. The van der Waals surface area contributed by atoms with Crippen molar-refractivity contribution in [1.82, 2.24) is 0 Å². The van der Waals surface area contributed by atoms with Gasteiger partial charge >= 0.3 is 11.9 Å². The number of hydrogen-bond acceptors (Lipinski definition) is 4. The fraction of sp³-hybridized carbons (Fsp3) is 0.917. The molecule has 0 bridgehead atoms. The SMILES string of the molecule is CCCCCCCCCCOC(=O)C(CC)(CC)C(=O)OCCCCCCC. The Kier molecular flexibility index (Phi) is 17.3. The zero-order valence-electron chi connectivity index (χ0n) is 19.2. The van der Waals surface area contributed by atoms with E-state index in [1.165, 1.54) is 57.8 Å². The lowest BCUT2D eigenvalue weighted by molar-refractivity contribution is -0.173. The molecule has 0 saturated heterocycles. The molecule has 0 fully saturated rings. The lowest BCUT2D eigenvalue weighted by Gasteiger charge is -2.27. The number of esters is 2. The van der Waals surface area contributed by atoms with Crippen LogP contribution < -0.4 is 0 Å². The lowest BCUT2D eigenvalue weighted by Crippen LogP contribution is -2.41. The van der Waals surface area contributed by atoms with Crippen LogP contribution in [0.1, 0.15) is 124 Å². The van der Waals surface area contributed by atoms with Gasteiger partial charge < -0.3 is 9.47 Å². The summed E-state index contributed by atoms with van der Waals surface area (Å²) in [6, 6.07) is 0. The van der Waals surface area contributed by atoms with Crippen LogP contribution in [0.25, 0.3) is 0 Å². The van der Waals surface area contributed by atoms with E-state index in [2.05, 4.69) is 13.8 Å². The molecule has 0 aliphatic rings.